The molecule has 0 saturated heterocycles. The van der Waals surface area contributed by atoms with E-state index >= 15 is 0 Å². The van der Waals surface area contributed by atoms with Crippen LogP contribution in [0.15, 0.2) is 59.7 Å². The Balaban J connectivity index is 1.53. The summed E-state index contributed by atoms with van der Waals surface area (Å²) >= 11 is 1.55. The first-order chi connectivity index (χ1) is 16.7. The average Bonchev–Trinajstić information content (AvgIpc) is 3.45. The standard InChI is InChI=1S/C27H24N6OS/c1-26(22-12-19-18-11-15(13-28)3-8-20(18)31-14-21(19)35-22)23(24(34)33(2)25(29)32-26)16-4-6-17(7-5-16)27(30)9-10-27/h3-8,11-12,14,23H,9-10,30H2,1-2H3,(H2,29,32)/t23-,26+/m0/s1. The van der Waals surface area contributed by atoms with Crippen LogP contribution in [0.3, 0.4) is 0 Å². The first kappa shape index (κ1) is 21.7. The molecule has 0 bridgehead atoms. The maximum atomic E-state index is 13.6. The van der Waals surface area contributed by atoms with Crippen molar-refractivity contribution in [2.24, 2.45) is 16.5 Å². The molecule has 0 radical (unpaired) electrons. The SMILES string of the molecule is CN1C(=O)[C@H](c2ccc(C3(N)CC3)cc2)[C@@](C)(c2cc3c(cnc4ccc(C#N)cc43)s2)N=C1N. The maximum Gasteiger partial charge on any atom is 0.239 e. The quantitative estimate of drug-likeness (QED) is 0.458. The van der Waals surface area contributed by atoms with E-state index in [1.165, 1.54) is 4.90 Å². The molecule has 2 atom stereocenters. The molecule has 3 heterocycles. The molecule has 1 fully saturated rings. The van der Waals surface area contributed by atoms with Crippen molar-refractivity contribution in [3.8, 4) is 6.07 Å². The second kappa shape index (κ2) is 7.35. The zero-order chi connectivity index (χ0) is 24.5. The molecule has 2 aliphatic rings. The molecule has 1 aliphatic heterocycles. The maximum absolute atomic E-state index is 13.6. The molecule has 0 unspecified atom stereocenters. The molecule has 2 aromatic carbocycles. The second-order valence-electron chi connectivity index (χ2n) is 9.72. The third kappa shape index (κ3) is 3.23. The number of benzene rings is 2. The monoisotopic (exact) mass is 480 g/mol. The van der Waals surface area contributed by atoms with Crippen LogP contribution in [0.1, 0.15) is 47.3 Å². The summed E-state index contributed by atoms with van der Waals surface area (Å²) in [4.78, 5) is 25.4. The molecule has 1 aliphatic carbocycles. The number of rotatable bonds is 3. The van der Waals surface area contributed by atoms with E-state index in [0.717, 1.165) is 49.8 Å². The van der Waals surface area contributed by atoms with Crippen LogP contribution in [0.25, 0.3) is 21.0 Å². The number of fused-ring (bicyclic) bond motifs is 3. The van der Waals surface area contributed by atoms with Crippen LogP contribution in [0.2, 0.25) is 0 Å². The number of carbonyl (C=O) groups is 1. The Bertz CT molecular complexity index is 1590. The fourth-order valence-electron chi connectivity index (χ4n) is 5.04. The van der Waals surface area contributed by atoms with Crippen LogP contribution in [0.4, 0.5) is 0 Å². The van der Waals surface area contributed by atoms with Gasteiger partial charge in [0.05, 0.1) is 27.8 Å². The van der Waals surface area contributed by atoms with Crippen molar-refractivity contribution in [2.75, 3.05) is 7.05 Å². The van der Waals surface area contributed by atoms with Crippen molar-refractivity contribution < 1.29 is 4.79 Å². The van der Waals surface area contributed by atoms with Gasteiger partial charge in [-0.15, -0.1) is 11.3 Å². The largest absolute Gasteiger partial charge is 0.369 e. The summed E-state index contributed by atoms with van der Waals surface area (Å²) in [6.07, 6.45) is 3.80. The van der Waals surface area contributed by atoms with Gasteiger partial charge in [-0.25, -0.2) is 4.99 Å². The number of nitrogens with zero attached hydrogens (tertiary/aromatic N) is 4. The molecule has 4 N–H and O–H groups in total. The molecule has 35 heavy (non-hydrogen) atoms. The number of amides is 1. The van der Waals surface area contributed by atoms with Crippen LogP contribution in [-0.4, -0.2) is 28.8 Å². The highest BCUT2D eigenvalue weighted by Crippen LogP contribution is 2.49. The van der Waals surface area contributed by atoms with E-state index < -0.39 is 11.5 Å². The topological polar surface area (TPSA) is 121 Å². The van der Waals surface area contributed by atoms with E-state index in [-0.39, 0.29) is 17.4 Å². The number of hydrogen-bond donors (Lipinski definition) is 2. The molecule has 0 spiro atoms. The number of aliphatic imine (C=N–C) groups is 1. The third-order valence-electron chi connectivity index (χ3n) is 7.43. The lowest BCUT2D eigenvalue weighted by Crippen LogP contribution is -2.52. The minimum absolute atomic E-state index is 0.103. The van der Waals surface area contributed by atoms with E-state index in [2.05, 4.69) is 17.1 Å². The third-order valence-corrected chi connectivity index (χ3v) is 8.73. The second-order valence-corrected chi connectivity index (χ2v) is 10.8. The summed E-state index contributed by atoms with van der Waals surface area (Å²) in [7, 11) is 1.66. The van der Waals surface area contributed by atoms with Gasteiger partial charge in [0.15, 0.2) is 5.96 Å². The Hall–Kier alpha value is -3.80. The van der Waals surface area contributed by atoms with Gasteiger partial charge in [-0.1, -0.05) is 24.3 Å². The highest BCUT2D eigenvalue weighted by molar-refractivity contribution is 7.19. The van der Waals surface area contributed by atoms with Crippen molar-refractivity contribution >= 4 is 44.2 Å². The predicted octanol–water partition coefficient (Wildman–Crippen LogP) is 4.05. The van der Waals surface area contributed by atoms with Crippen LogP contribution in [-0.2, 0) is 15.9 Å². The highest BCUT2D eigenvalue weighted by atomic mass is 32.1. The summed E-state index contributed by atoms with van der Waals surface area (Å²) in [6, 6.07) is 17.8. The van der Waals surface area contributed by atoms with Crippen molar-refractivity contribution in [1.82, 2.24) is 9.88 Å². The first-order valence-electron chi connectivity index (χ1n) is 11.5. The van der Waals surface area contributed by atoms with Gasteiger partial charge < -0.3 is 11.5 Å². The van der Waals surface area contributed by atoms with Gasteiger partial charge in [0.25, 0.3) is 0 Å². The zero-order valence-corrected chi connectivity index (χ0v) is 20.3. The summed E-state index contributed by atoms with van der Waals surface area (Å²) < 4.78 is 0.969. The van der Waals surface area contributed by atoms with Crippen LogP contribution >= 0.6 is 11.3 Å². The number of thiophene rings is 1. The van der Waals surface area contributed by atoms with Crippen LogP contribution in [0.5, 0.6) is 0 Å². The number of carbonyl (C=O) groups excluding carboxylic acids is 1. The number of guanidine groups is 1. The lowest BCUT2D eigenvalue weighted by Gasteiger charge is -2.40. The highest BCUT2D eigenvalue weighted by Gasteiger charge is 2.48. The summed E-state index contributed by atoms with van der Waals surface area (Å²) in [5, 5.41) is 11.3. The Morgan fingerprint density at radius 1 is 1.14 bits per heavy atom. The Morgan fingerprint density at radius 2 is 1.89 bits per heavy atom. The molecule has 1 amide bonds. The molecule has 1 saturated carbocycles. The summed E-state index contributed by atoms with van der Waals surface area (Å²) in [6.45, 7) is 1.97. The van der Waals surface area contributed by atoms with Gasteiger partial charge in [0.2, 0.25) is 5.91 Å². The summed E-state index contributed by atoms with van der Waals surface area (Å²) in [5.74, 6) is -0.464. The molecule has 4 aromatic rings. The van der Waals surface area contributed by atoms with Crippen LogP contribution < -0.4 is 11.5 Å². The minimum atomic E-state index is -0.905. The molecule has 7 nitrogen and oxygen atoms in total. The van der Waals surface area contributed by atoms with Gasteiger partial charge in [-0.2, -0.15) is 5.26 Å². The fourth-order valence-corrected chi connectivity index (χ4v) is 6.21. The van der Waals surface area contributed by atoms with Crippen molar-refractivity contribution in [1.29, 1.82) is 5.26 Å². The number of pyridine rings is 1. The van der Waals surface area contributed by atoms with E-state index in [9.17, 15) is 10.1 Å². The molecular formula is C27H24N6OS. The van der Waals surface area contributed by atoms with Gasteiger partial charge in [-0.3, -0.25) is 14.7 Å². The Kier molecular flexibility index (Phi) is 4.56. The van der Waals surface area contributed by atoms with Gasteiger partial charge in [0, 0.05) is 34.4 Å². The van der Waals surface area contributed by atoms with Crippen molar-refractivity contribution in [2.45, 2.75) is 36.8 Å². The van der Waals surface area contributed by atoms with Crippen molar-refractivity contribution in [3.05, 3.63) is 76.3 Å². The van der Waals surface area contributed by atoms with Gasteiger partial charge in [-0.05, 0) is 55.2 Å². The van der Waals surface area contributed by atoms with Crippen molar-refractivity contribution in [3.63, 3.8) is 0 Å². The molecule has 174 valence electrons. The Labute approximate surface area is 206 Å². The van der Waals surface area contributed by atoms with E-state index in [1.807, 2.05) is 49.5 Å². The minimum Gasteiger partial charge on any atom is -0.369 e. The normalized spacial score (nSPS) is 23.4. The van der Waals surface area contributed by atoms with E-state index in [1.54, 1.807) is 24.5 Å². The van der Waals surface area contributed by atoms with E-state index in [0.29, 0.717) is 5.56 Å². The van der Waals surface area contributed by atoms with Gasteiger partial charge in [0.1, 0.15) is 5.54 Å². The van der Waals surface area contributed by atoms with E-state index in [4.69, 9.17) is 16.5 Å². The Morgan fingerprint density at radius 3 is 2.57 bits per heavy atom. The lowest BCUT2D eigenvalue weighted by molar-refractivity contribution is -0.130. The average molecular weight is 481 g/mol. The zero-order valence-electron chi connectivity index (χ0n) is 19.4. The number of hydrogen-bond acceptors (Lipinski definition) is 7. The lowest BCUT2D eigenvalue weighted by atomic mass is 9.77. The molecule has 8 heteroatoms. The molecule has 2 aromatic heterocycles. The van der Waals surface area contributed by atoms with Gasteiger partial charge >= 0.3 is 0 Å². The first-order valence-corrected chi connectivity index (χ1v) is 12.3. The number of nitrogens with two attached hydrogens (primary N) is 2. The number of nitriles is 1. The number of likely N-dealkylation sites (N-methyl/N-ethyl adjacent to an activating group) is 1. The molecular weight excluding hydrogens is 456 g/mol. The van der Waals surface area contributed by atoms with Crippen LogP contribution in [0, 0.1) is 11.3 Å². The summed E-state index contributed by atoms with van der Waals surface area (Å²) in [5.41, 5.74) is 14.8. The number of aromatic nitrogens is 1. The fraction of sp³-hybridized carbons (Fsp3) is 0.259. The molecule has 6 rings (SSSR count). The predicted molar refractivity (Wildman–Crippen MR) is 138 cm³/mol. The smallest absolute Gasteiger partial charge is 0.239 e.